The Labute approximate surface area is 208 Å². The van der Waals surface area contributed by atoms with Crippen LogP contribution in [0.2, 0.25) is 5.02 Å². The van der Waals surface area contributed by atoms with Gasteiger partial charge < -0.3 is 15.4 Å². The van der Waals surface area contributed by atoms with Crippen LogP contribution in [0, 0.1) is 0 Å². The van der Waals surface area contributed by atoms with Gasteiger partial charge in [0.2, 0.25) is 0 Å². The first kappa shape index (κ1) is 24.2. The molecule has 0 bridgehead atoms. The van der Waals surface area contributed by atoms with Crippen LogP contribution in [0.3, 0.4) is 0 Å². The molecule has 2 heterocycles. The Bertz CT molecular complexity index is 1130. The van der Waals surface area contributed by atoms with Gasteiger partial charge in [-0.25, -0.2) is 9.78 Å². The maximum Gasteiger partial charge on any atom is 0.323 e. The number of anilines is 2. The van der Waals surface area contributed by atoms with Crippen LogP contribution in [0.5, 0.6) is 0 Å². The van der Waals surface area contributed by atoms with E-state index in [0.717, 1.165) is 42.2 Å². The molecule has 2 N–H and O–H groups in total. The average molecular weight is 499 g/mol. The third-order valence-corrected chi connectivity index (χ3v) is 7.01. The number of hydrogen-bond donors (Lipinski definition) is 2. The number of aromatic nitrogens is 1. The van der Waals surface area contributed by atoms with Crippen molar-refractivity contribution in [2.24, 2.45) is 0 Å². The van der Waals surface area contributed by atoms with Gasteiger partial charge >= 0.3 is 12.0 Å². The Hall–Kier alpha value is -2.94. The number of nitrogens with zero attached hydrogens (tertiary/aromatic N) is 2. The third-order valence-electron chi connectivity index (χ3n) is 5.68. The molecule has 1 aliphatic heterocycles. The molecular formula is C25H27ClN4O3S. The monoisotopic (exact) mass is 498 g/mol. The third kappa shape index (κ3) is 6.34. The first-order valence-electron chi connectivity index (χ1n) is 11.3. The lowest BCUT2D eigenvalue weighted by atomic mass is 9.97. The maximum absolute atomic E-state index is 12.3. The molecule has 178 valence electrons. The van der Waals surface area contributed by atoms with Gasteiger partial charge in [-0.3, -0.25) is 9.69 Å². The minimum Gasteiger partial charge on any atom is -0.465 e. The molecule has 0 unspecified atom stereocenters. The summed E-state index contributed by atoms with van der Waals surface area (Å²) in [6.07, 6.45) is 1.96. The van der Waals surface area contributed by atoms with E-state index < -0.39 is 0 Å². The maximum atomic E-state index is 12.3. The van der Waals surface area contributed by atoms with Crippen molar-refractivity contribution in [3.63, 3.8) is 0 Å². The van der Waals surface area contributed by atoms with Crippen LogP contribution in [0.1, 0.15) is 30.7 Å². The zero-order chi connectivity index (χ0) is 23.9. The summed E-state index contributed by atoms with van der Waals surface area (Å²) in [5, 5.41) is 9.25. The highest BCUT2D eigenvalue weighted by Gasteiger charge is 2.24. The summed E-state index contributed by atoms with van der Waals surface area (Å²) >= 11 is 7.77. The van der Waals surface area contributed by atoms with E-state index >= 15 is 0 Å². The van der Waals surface area contributed by atoms with E-state index in [2.05, 4.69) is 20.9 Å². The summed E-state index contributed by atoms with van der Waals surface area (Å²) < 4.78 is 5.05. The molecule has 2 amide bonds. The van der Waals surface area contributed by atoms with Gasteiger partial charge in [0.1, 0.15) is 0 Å². The van der Waals surface area contributed by atoms with Crippen molar-refractivity contribution in [1.29, 1.82) is 0 Å². The van der Waals surface area contributed by atoms with Crippen molar-refractivity contribution in [2.75, 3.05) is 36.9 Å². The number of esters is 1. The van der Waals surface area contributed by atoms with Crippen LogP contribution in [-0.2, 0) is 9.53 Å². The minimum atomic E-state index is -0.355. The number of carbonyl (C=O) groups is 2. The Morgan fingerprint density at radius 2 is 1.85 bits per heavy atom. The predicted molar refractivity (Wildman–Crippen MR) is 137 cm³/mol. The van der Waals surface area contributed by atoms with E-state index in [1.165, 1.54) is 0 Å². The molecule has 4 rings (SSSR count). The van der Waals surface area contributed by atoms with E-state index in [1.807, 2.05) is 43.3 Å². The van der Waals surface area contributed by atoms with Gasteiger partial charge in [-0.05, 0) is 57.1 Å². The molecule has 1 saturated heterocycles. The molecule has 2 aromatic carbocycles. The molecule has 0 spiro atoms. The fourth-order valence-corrected chi connectivity index (χ4v) is 5.09. The van der Waals surface area contributed by atoms with E-state index in [0.29, 0.717) is 35.5 Å². The van der Waals surface area contributed by atoms with Crippen LogP contribution in [-0.4, -0.2) is 48.1 Å². The number of ether oxygens (including phenoxy) is 1. The summed E-state index contributed by atoms with van der Waals surface area (Å²) in [7, 11) is 0. The van der Waals surface area contributed by atoms with E-state index in [-0.39, 0.29) is 12.0 Å². The zero-order valence-corrected chi connectivity index (χ0v) is 20.5. The highest BCUT2D eigenvalue weighted by atomic mass is 35.5. The van der Waals surface area contributed by atoms with Crippen molar-refractivity contribution in [2.45, 2.75) is 25.7 Å². The molecule has 34 heavy (non-hydrogen) atoms. The fourth-order valence-electron chi connectivity index (χ4n) is 3.91. The van der Waals surface area contributed by atoms with Crippen LogP contribution < -0.4 is 10.6 Å². The van der Waals surface area contributed by atoms with Crippen LogP contribution in [0.25, 0.3) is 11.3 Å². The highest BCUT2D eigenvalue weighted by Crippen LogP contribution is 2.33. The van der Waals surface area contributed by atoms with Gasteiger partial charge in [0.25, 0.3) is 0 Å². The number of thiazole rings is 1. The lowest BCUT2D eigenvalue weighted by molar-refractivity contribution is -0.144. The number of piperidine rings is 1. The predicted octanol–water partition coefficient (Wildman–Crippen LogP) is 5.85. The van der Waals surface area contributed by atoms with Gasteiger partial charge in [0.05, 0.1) is 34.6 Å². The summed E-state index contributed by atoms with van der Waals surface area (Å²) in [6, 6.07) is 14.3. The molecule has 3 aromatic rings. The summed E-state index contributed by atoms with van der Waals surface area (Å²) in [6.45, 7) is 4.35. The van der Waals surface area contributed by atoms with Gasteiger partial charge in [-0.1, -0.05) is 35.9 Å². The Morgan fingerprint density at radius 1 is 1.12 bits per heavy atom. The Morgan fingerprint density at radius 3 is 2.56 bits per heavy atom. The lowest BCUT2D eigenvalue weighted by Gasteiger charge is -2.30. The number of carbonyl (C=O) groups excluding carboxylic acids is 2. The fraction of sp³-hybridized carbons (Fsp3) is 0.320. The number of hydrogen-bond acceptors (Lipinski definition) is 6. The van der Waals surface area contributed by atoms with E-state index in [1.54, 1.807) is 23.5 Å². The highest BCUT2D eigenvalue weighted by molar-refractivity contribution is 7.10. The second kappa shape index (κ2) is 11.5. The van der Waals surface area contributed by atoms with Crippen molar-refractivity contribution in [3.8, 4) is 11.3 Å². The number of urea groups is 1. The number of halogens is 1. The van der Waals surface area contributed by atoms with E-state index in [4.69, 9.17) is 21.3 Å². The number of benzene rings is 2. The number of rotatable bonds is 7. The first-order chi connectivity index (χ1) is 16.5. The molecule has 1 aromatic heterocycles. The standard InChI is InChI=1S/C25H27ClN4O3S/c1-2-33-23(31)15-30-13-11-18(12-14-30)24-28-22(16-34-24)17-7-9-19(10-8-17)27-25(32)29-21-6-4-3-5-20(21)26/h3-10,16,18H,2,11-15H2,1H3,(H2,27,29,32). The van der Waals surface area contributed by atoms with Crippen molar-refractivity contribution < 1.29 is 14.3 Å². The van der Waals surface area contributed by atoms with Crippen LogP contribution >= 0.6 is 22.9 Å². The topological polar surface area (TPSA) is 83.6 Å². The Balaban J connectivity index is 1.30. The Kier molecular flexibility index (Phi) is 8.16. The molecule has 1 fully saturated rings. The van der Waals surface area contributed by atoms with E-state index in [9.17, 15) is 9.59 Å². The quantitative estimate of drug-likeness (QED) is 0.399. The molecule has 1 aliphatic rings. The molecule has 0 saturated carbocycles. The molecule has 0 aliphatic carbocycles. The summed E-state index contributed by atoms with van der Waals surface area (Å²) in [5.74, 6) is 0.253. The van der Waals surface area contributed by atoms with Gasteiger partial charge in [-0.2, -0.15) is 0 Å². The number of para-hydroxylation sites is 1. The summed E-state index contributed by atoms with van der Waals surface area (Å²) in [4.78, 5) is 31.0. The largest absolute Gasteiger partial charge is 0.465 e. The van der Waals surface area contributed by atoms with Crippen molar-refractivity contribution in [3.05, 3.63) is 63.9 Å². The minimum absolute atomic E-state index is 0.156. The van der Waals surface area contributed by atoms with Gasteiger partial charge in [0, 0.05) is 22.5 Å². The van der Waals surface area contributed by atoms with Gasteiger partial charge in [-0.15, -0.1) is 11.3 Å². The summed E-state index contributed by atoms with van der Waals surface area (Å²) in [5.41, 5.74) is 3.16. The SMILES string of the molecule is CCOC(=O)CN1CCC(c2nc(-c3ccc(NC(=O)Nc4ccccc4Cl)cc3)cs2)CC1. The molecule has 0 radical (unpaired) electrons. The average Bonchev–Trinajstić information content (AvgIpc) is 3.32. The van der Waals surface area contributed by atoms with Crippen LogP contribution in [0.4, 0.5) is 16.2 Å². The normalized spacial score (nSPS) is 14.5. The lowest BCUT2D eigenvalue weighted by Crippen LogP contribution is -2.37. The number of nitrogens with one attached hydrogen (secondary N) is 2. The second-order valence-corrected chi connectivity index (χ2v) is 9.36. The second-order valence-electron chi connectivity index (χ2n) is 8.06. The molecule has 7 nitrogen and oxygen atoms in total. The van der Waals surface area contributed by atoms with Crippen molar-refractivity contribution in [1.82, 2.24) is 9.88 Å². The number of likely N-dealkylation sites (tertiary alicyclic amines) is 1. The molecular weight excluding hydrogens is 472 g/mol. The van der Waals surface area contributed by atoms with Crippen LogP contribution in [0.15, 0.2) is 53.9 Å². The number of amides is 2. The molecule has 9 heteroatoms. The zero-order valence-electron chi connectivity index (χ0n) is 18.9. The smallest absolute Gasteiger partial charge is 0.323 e. The molecule has 0 atom stereocenters. The first-order valence-corrected chi connectivity index (χ1v) is 12.5. The van der Waals surface area contributed by atoms with Gasteiger partial charge in [0.15, 0.2) is 0 Å². The van der Waals surface area contributed by atoms with Crippen molar-refractivity contribution >= 4 is 46.3 Å².